The van der Waals surface area contributed by atoms with Crippen molar-refractivity contribution in [1.29, 1.82) is 0 Å². The minimum atomic E-state index is -0.664. The maximum atomic E-state index is 12.2. The summed E-state index contributed by atoms with van der Waals surface area (Å²) in [6.07, 6.45) is 7.92. The van der Waals surface area contributed by atoms with Gasteiger partial charge in [-0.3, -0.25) is 9.59 Å². The topological polar surface area (TPSA) is 63.6 Å². The monoisotopic (exact) mass is 360 g/mol. The molecule has 7 unspecified atom stereocenters. The summed E-state index contributed by atoms with van der Waals surface area (Å²) in [5.74, 6) is -0.199. The Morgan fingerprint density at radius 1 is 1.15 bits per heavy atom. The van der Waals surface area contributed by atoms with E-state index in [2.05, 4.69) is 13.5 Å². The minimum absolute atomic E-state index is 0.0802. The molecule has 26 heavy (non-hydrogen) atoms. The number of hydrogen-bond donors (Lipinski definition) is 1. The first-order chi connectivity index (χ1) is 12.1. The lowest BCUT2D eigenvalue weighted by Crippen LogP contribution is -2.66. The van der Waals surface area contributed by atoms with Gasteiger partial charge in [-0.05, 0) is 68.6 Å². The van der Waals surface area contributed by atoms with Crippen LogP contribution < -0.4 is 0 Å². The molecule has 0 amide bonds. The summed E-state index contributed by atoms with van der Waals surface area (Å²) >= 11 is 0. The third-order valence-electron chi connectivity index (χ3n) is 8.85. The summed E-state index contributed by atoms with van der Waals surface area (Å²) in [5, 5.41) is 10.0. The highest BCUT2D eigenvalue weighted by atomic mass is 16.5. The number of ether oxygens (including phenoxy) is 1. The Labute approximate surface area is 156 Å². The molecule has 0 radical (unpaired) electrons. The van der Waals surface area contributed by atoms with Crippen LogP contribution in [0.5, 0.6) is 0 Å². The van der Waals surface area contributed by atoms with Crippen LogP contribution in [0.15, 0.2) is 12.2 Å². The van der Waals surface area contributed by atoms with Gasteiger partial charge in [0.15, 0.2) is 0 Å². The molecule has 0 aromatic carbocycles. The smallest absolute Gasteiger partial charge is 0.309 e. The van der Waals surface area contributed by atoms with Gasteiger partial charge < -0.3 is 9.84 Å². The van der Waals surface area contributed by atoms with Crippen LogP contribution in [0, 0.1) is 34.0 Å². The van der Waals surface area contributed by atoms with Crippen LogP contribution in [-0.2, 0) is 14.3 Å². The van der Waals surface area contributed by atoms with E-state index in [0.717, 1.165) is 44.9 Å². The Kier molecular flexibility index (Phi) is 3.88. The molecule has 4 heteroatoms. The Morgan fingerprint density at radius 2 is 1.85 bits per heavy atom. The van der Waals surface area contributed by atoms with E-state index in [9.17, 15) is 14.7 Å². The molecule has 5 saturated carbocycles. The molecule has 7 atom stereocenters. The number of esters is 1. The second-order valence-corrected chi connectivity index (χ2v) is 10.1. The minimum Gasteiger partial charge on any atom is -0.481 e. The number of aliphatic carboxylic acids is 1. The van der Waals surface area contributed by atoms with E-state index in [1.165, 1.54) is 18.9 Å². The zero-order chi connectivity index (χ0) is 18.9. The number of fused-ring (bicyclic) bond motifs is 3. The van der Waals surface area contributed by atoms with Crippen molar-refractivity contribution in [3.05, 3.63) is 12.2 Å². The number of carbonyl (C=O) groups is 2. The van der Waals surface area contributed by atoms with E-state index in [-0.39, 0.29) is 40.7 Å². The van der Waals surface area contributed by atoms with E-state index in [1.807, 2.05) is 6.92 Å². The first-order valence-corrected chi connectivity index (χ1v) is 10.2. The first kappa shape index (κ1) is 18.1. The number of hydrogen-bond acceptors (Lipinski definition) is 3. The van der Waals surface area contributed by atoms with Crippen LogP contribution in [0.2, 0.25) is 0 Å². The molecule has 5 fully saturated rings. The number of carbonyl (C=O) groups excluding carboxylic acids is 1. The largest absolute Gasteiger partial charge is 0.481 e. The van der Waals surface area contributed by atoms with E-state index >= 15 is 0 Å². The van der Waals surface area contributed by atoms with E-state index < -0.39 is 11.4 Å². The summed E-state index contributed by atoms with van der Waals surface area (Å²) in [7, 11) is 0. The highest BCUT2D eigenvalue weighted by molar-refractivity contribution is 5.75. The molecule has 0 aliphatic heterocycles. The second-order valence-electron chi connectivity index (χ2n) is 10.1. The van der Waals surface area contributed by atoms with Crippen molar-refractivity contribution in [3.8, 4) is 0 Å². The molecule has 4 nitrogen and oxygen atoms in total. The van der Waals surface area contributed by atoms with Crippen molar-refractivity contribution >= 4 is 11.9 Å². The standard InChI is InChI=1S/C22H32O4/c1-13-12-22-10-6-15(13)17(26-14(2)23)18(22)20(3)8-5-9-21(4,19(24)25)16(20)7-11-22/h15-18H,1,5-12H2,2-4H3,(H,24,25). The van der Waals surface area contributed by atoms with Gasteiger partial charge in [-0.25, -0.2) is 0 Å². The van der Waals surface area contributed by atoms with Gasteiger partial charge in [0, 0.05) is 18.8 Å². The van der Waals surface area contributed by atoms with E-state index in [4.69, 9.17) is 4.74 Å². The van der Waals surface area contributed by atoms with Crippen molar-refractivity contribution in [2.45, 2.75) is 78.2 Å². The second kappa shape index (κ2) is 5.59. The Balaban J connectivity index is 1.81. The molecule has 2 bridgehead atoms. The van der Waals surface area contributed by atoms with Gasteiger partial charge in [-0.1, -0.05) is 25.5 Å². The van der Waals surface area contributed by atoms with Crippen LogP contribution in [0.1, 0.15) is 72.1 Å². The molecule has 1 N–H and O–H groups in total. The maximum Gasteiger partial charge on any atom is 0.309 e. The molecule has 0 aromatic heterocycles. The third kappa shape index (κ3) is 2.20. The van der Waals surface area contributed by atoms with E-state index in [1.54, 1.807) is 0 Å². The summed E-state index contributed by atoms with van der Waals surface area (Å²) in [6.45, 7) is 10.1. The molecule has 0 heterocycles. The van der Waals surface area contributed by atoms with Crippen LogP contribution >= 0.6 is 0 Å². The Bertz CT molecular complexity index is 669. The van der Waals surface area contributed by atoms with Crippen molar-refractivity contribution < 1.29 is 19.4 Å². The van der Waals surface area contributed by atoms with Gasteiger partial charge in [0.05, 0.1) is 5.41 Å². The van der Waals surface area contributed by atoms with Gasteiger partial charge in [0.2, 0.25) is 0 Å². The average Bonchev–Trinajstić information content (AvgIpc) is 2.53. The fourth-order valence-corrected chi connectivity index (χ4v) is 7.97. The molecule has 5 aliphatic rings. The SMILES string of the molecule is C=C1CC23CCC1C(OC(C)=O)C2C1(C)CCCC(C)(C(=O)O)C1CC3. The van der Waals surface area contributed by atoms with E-state index in [0.29, 0.717) is 0 Å². The normalized spacial score (nSPS) is 49.9. The number of carboxylic acid groups (broad SMARTS) is 1. The van der Waals surface area contributed by atoms with Crippen LogP contribution in [-0.4, -0.2) is 23.1 Å². The summed E-state index contributed by atoms with van der Waals surface area (Å²) < 4.78 is 5.96. The fourth-order valence-electron chi connectivity index (χ4n) is 7.97. The van der Waals surface area contributed by atoms with Gasteiger partial charge in [0.1, 0.15) is 6.10 Å². The van der Waals surface area contributed by atoms with Crippen LogP contribution in [0.3, 0.4) is 0 Å². The van der Waals surface area contributed by atoms with Crippen molar-refractivity contribution in [2.75, 3.05) is 0 Å². The fraction of sp³-hybridized carbons (Fsp3) is 0.818. The lowest BCUT2D eigenvalue weighted by atomic mass is 9.36. The van der Waals surface area contributed by atoms with Crippen molar-refractivity contribution in [3.63, 3.8) is 0 Å². The molecular formula is C22H32O4. The van der Waals surface area contributed by atoms with Crippen LogP contribution in [0.4, 0.5) is 0 Å². The zero-order valence-electron chi connectivity index (χ0n) is 16.3. The van der Waals surface area contributed by atoms with Gasteiger partial charge >= 0.3 is 11.9 Å². The number of carboxylic acids is 1. The molecule has 0 aromatic rings. The zero-order valence-corrected chi connectivity index (χ0v) is 16.3. The van der Waals surface area contributed by atoms with Gasteiger partial charge in [-0.2, -0.15) is 0 Å². The lowest BCUT2D eigenvalue weighted by Gasteiger charge is -2.69. The maximum absolute atomic E-state index is 12.2. The molecule has 5 aliphatic carbocycles. The quantitative estimate of drug-likeness (QED) is 0.578. The molecule has 0 saturated heterocycles. The lowest BCUT2D eigenvalue weighted by molar-refractivity contribution is -0.229. The number of rotatable bonds is 2. The highest BCUT2D eigenvalue weighted by Gasteiger charge is 2.68. The summed E-state index contributed by atoms with van der Waals surface area (Å²) in [5.41, 5.74) is 0.651. The predicted octanol–water partition coefficient (Wildman–Crippen LogP) is 4.58. The molecular weight excluding hydrogens is 328 g/mol. The Hall–Kier alpha value is -1.32. The van der Waals surface area contributed by atoms with Gasteiger partial charge in [0.25, 0.3) is 0 Å². The average molecular weight is 360 g/mol. The summed E-state index contributed by atoms with van der Waals surface area (Å²) in [6, 6.07) is 0. The third-order valence-corrected chi connectivity index (χ3v) is 8.85. The van der Waals surface area contributed by atoms with Crippen LogP contribution in [0.25, 0.3) is 0 Å². The molecule has 144 valence electrons. The first-order valence-electron chi connectivity index (χ1n) is 10.2. The summed E-state index contributed by atoms with van der Waals surface area (Å²) in [4.78, 5) is 24.1. The van der Waals surface area contributed by atoms with Gasteiger partial charge in [-0.15, -0.1) is 0 Å². The Morgan fingerprint density at radius 3 is 2.46 bits per heavy atom. The predicted molar refractivity (Wildman–Crippen MR) is 98.4 cm³/mol. The highest BCUT2D eigenvalue weighted by Crippen LogP contribution is 2.72. The van der Waals surface area contributed by atoms with Crippen molar-refractivity contribution in [2.24, 2.45) is 34.0 Å². The van der Waals surface area contributed by atoms with Crippen molar-refractivity contribution in [1.82, 2.24) is 0 Å². The molecule has 5 rings (SSSR count). The molecule has 1 spiro atoms.